The molecule has 1 saturated heterocycles. The van der Waals surface area contributed by atoms with Crippen molar-refractivity contribution in [1.82, 2.24) is 19.9 Å². The standard InChI is InChI=1S/C21H31N7O4S/c1-4-5-8-27-17(22)16(18(30)25-20(27)32)26(9-6-13(2)3)15(29)11-14-12-33-21(24-14)28-10-7-23-19(28)31/h12-13H,4-11,22H2,1-3H3,(H,23,31)(H,25,30,32). The molecule has 3 heterocycles. The summed E-state index contributed by atoms with van der Waals surface area (Å²) in [5.74, 6) is -0.0792. The van der Waals surface area contributed by atoms with Crippen molar-refractivity contribution in [3.63, 3.8) is 0 Å². The zero-order chi connectivity index (χ0) is 24.1. The van der Waals surface area contributed by atoms with Gasteiger partial charge >= 0.3 is 11.7 Å². The molecule has 0 spiro atoms. The van der Waals surface area contributed by atoms with Crippen molar-refractivity contribution < 1.29 is 9.59 Å². The highest BCUT2D eigenvalue weighted by atomic mass is 32.1. The number of H-pyrrole nitrogens is 1. The number of aromatic nitrogens is 3. The van der Waals surface area contributed by atoms with Crippen LogP contribution in [0.3, 0.4) is 0 Å². The molecule has 1 aliphatic rings. The molecule has 0 bridgehead atoms. The van der Waals surface area contributed by atoms with E-state index in [1.165, 1.54) is 25.7 Å². The number of thiazole rings is 1. The fourth-order valence-electron chi connectivity index (χ4n) is 3.53. The smallest absolute Gasteiger partial charge is 0.330 e. The maximum Gasteiger partial charge on any atom is 0.330 e. The van der Waals surface area contributed by atoms with Crippen LogP contribution in [0.4, 0.5) is 21.4 Å². The monoisotopic (exact) mass is 477 g/mol. The number of nitrogens with two attached hydrogens (primary N) is 1. The van der Waals surface area contributed by atoms with E-state index in [4.69, 9.17) is 5.73 Å². The number of carbonyl (C=O) groups is 2. The van der Waals surface area contributed by atoms with Crippen molar-refractivity contribution in [2.45, 2.75) is 53.0 Å². The minimum Gasteiger partial charge on any atom is -0.383 e. The Morgan fingerprint density at radius 3 is 2.73 bits per heavy atom. The van der Waals surface area contributed by atoms with Crippen molar-refractivity contribution in [1.29, 1.82) is 0 Å². The summed E-state index contributed by atoms with van der Waals surface area (Å²) in [7, 11) is 0. The van der Waals surface area contributed by atoms with Gasteiger partial charge in [0.15, 0.2) is 10.8 Å². The number of unbranched alkanes of at least 4 members (excludes halogenated alkanes) is 1. The van der Waals surface area contributed by atoms with Crippen LogP contribution >= 0.6 is 11.3 Å². The fourth-order valence-corrected chi connectivity index (χ4v) is 4.38. The van der Waals surface area contributed by atoms with Gasteiger partial charge in [-0.05, 0) is 18.8 Å². The minimum absolute atomic E-state index is 0.00859. The lowest BCUT2D eigenvalue weighted by Gasteiger charge is -2.25. The van der Waals surface area contributed by atoms with Gasteiger partial charge in [-0.2, -0.15) is 0 Å². The summed E-state index contributed by atoms with van der Waals surface area (Å²) in [5.41, 5.74) is 5.48. The molecular weight excluding hydrogens is 446 g/mol. The molecule has 0 radical (unpaired) electrons. The first-order chi connectivity index (χ1) is 15.7. The summed E-state index contributed by atoms with van der Waals surface area (Å²) in [6, 6.07) is -0.213. The number of nitrogens with one attached hydrogen (secondary N) is 2. The van der Waals surface area contributed by atoms with Crippen LogP contribution in [0.5, 0.6) is 0 Å². The Balaban J connectivity index is 1.91. The number of carbonyl (C=O) groups excluding carboxylic acids is 2. The third kappa shape index (κ3) is 5.62. The highest BCUT2D eigenvalue weighted by Crippen LogP contribution is 2.24. The second kappa shape index (κ2) is 10.6. The van der Waals surface area contributed by atoms with Gasteiger partial charge in [0.25, 0.3) is 5.56 Å². The van der Waals surface area contributed by atoms with Gasteiger partial charge in [-0.25, -0.2) is 14.6 Å². The van der Waals surface area contributed by atoms with Crippen molar-refractivity contribution in [3.05, 3.63) is 31.9 Å². The van der Waals surface area contributed by atoms with Crippen LogP contribution in [-0.2, 0) is 17.8 Å². The number of amides is 3. The fraction of sp³-hybridized carbons (Fsp3) is 0.571. The molecule has 1 fully saturated rings. The zero-order valence-corrected chi connectivity index (χ0v) is 20.0. The topological polar surface area (TPSA) is 146 Å². The Hall–Kier alpha value is -3.15. The number of anilines is 3. The third-order valence-electron chi connectivity index (χ3n) is 5.41. The first-order valence-electron chi connectivity index (χ1n) is 11.2. The van der Waals surface area contributed by atoms with E-state index in [1.807, 2.05) is 20.8 Å². The van der Waals surface area contributed by atoms with E-state index < -0.39 is 11.2 Å². The van der Waals surface area contributed by atoms with E-state index in [9.17, 15) is 19.2 Å². The Bertz CT molecular complexity index is 1120. The van der Waals surface area contributed by atoms with Crippen LogP contribution in [0, 0.1) is 5.92 Å². The maximum absolute atomic E-state index is 13.3. The van der Waals surface area contributed by atoms with Gasteiger partial charge in [0, 0.05) is 31.6 Å². The Morgan fingerprint density at radius 2 is 2.09 bits per heavy atom. The quantitative estimate of drug-likeness (QED) is 0.473. The van der Waals surface area contributed by atoms with Crippen LogP contribution in [0.2, 0.25) is 0 Å². The third-order valence-corrected chi connectivity index (χ3v) is 6.32. The Morgan fingerprint density at radius 1 is 1.33 bits per heavy atom. The van der Waals surface area contributed by atoms with Gasteiger partial charge in [0.2, 0.25) is 5.91 Å². The molecule has 180 valence electrons. The summed E-state index contributed by atoms with van der Waals surface area (Å²) in [4.78, 5) is 59.9. The molecule has 12 heteroatoms. The molecule has 2 aromatic rings. The number of rotatable bonds is 10. The van der Waals surface area contributed by atoms with E-state index in [0.29, 0.717) is 43.3 Å². The van der Waals surface area contributed by atoms with Gasteiger partial charge in [-0.15, -0.1) is 11.3 Å². The maximum atomic E-state index is 13.3. The molecule has 0 aromatic carbocycles. The number of nitrogen functional groups attached to an aromatic ring is 1. The average Bonchev–Trinajstić information content (AvgIpc) is 3.38. The second-order valence-corrected chi connectivity index (χ2v) is 9.24. The molecule has 3 amide bonds. The lowest BCUT2D eigenvalue weighted by molar-refractivity contribution is -0.118. The summed E-state index contributed by atoms with van der Waals surface area (Å²) < 4.78 is 1.31. The van der Waals surface area contributed by atoms with E-state index in [0.717, 1.165) is 6.42 Å². The lowest BCUT2D eigenvalue weighted by Crippen LogP contribution is -2.42. The number of hydrogen-bond acceptors (Lipinski definition) is 7. The molecule has 0 aliphatic carbocycles. The first-order valence-corrected chi connectivity index (χ1v) is 12.0. The van der Waals surface area contributed by atoms with Gasteiger partial charge in [0.05, 0.1) is 12.1 Å². The van der Waals surface area contributed by atoms with Gasteiger partial charge in [0.1, 0.15) is 5.82 Å². The number of aromatic amines is 1. The molecule has 3 rings (SSSR count). The SMILES string of the molecule is CCCCn1c(N)c(N(CCC(C)C)C(=O)Cc2csc(N3CCNC3=O)n2)c(=O)[nH]c1=O. The molecule has 11 nitrogen and oxygen atoms in total. The molecule has 0 saturated carbocycles. The summed E-state index contributed by atoms with van der Waals surface area (Å²) >= 11 is 1.28. The predicted octanol–water partition coefficient (Wildman–Crippen LogP) is 1.53. The molecule has 33 heavy (non-hydrogen) atoms. The van der Waals surface area contributed by atoms with Crippen molar-refractivity contribution in [2.24, 2.45) is 5.92 Å². The molecule has 4 N–H and O–H groups in total. The van der Waals surface area contributed by atoms with E-state index in [1.54, 1.807) is 5.38 Å². The molecule has 1 aliphatic heterocycles. The van der Waals surface area contributed by atoms with E-state index >= 15 is 0 Å². The van der Waals surface area contributed by atoms with E-state index in [2.05, 4.69) is 15.3 Å². The minimum atomic E-state index is -0.685. The zero-order valence-electron chi connectivity index (χ0n) is 19.2. The summed E-state index contributed by atoms with van der Waals surface area (Å²) in [6.07, 6.45) is 2.14. The lowest BCUT2D eigenvalue weighted by atomic mass is 10.1. The molecular formula is C21H31N7O4S. The highest BCUT2D eigenvalue weighted by molar-refractivity contribution is 7.14. The predicted molar refractivity (Wildman–Crippen MR) is 129 cm³/mol. The highest BCUT2D eigenvalue weighted by Gasteiger charge is 2.27. The average molecular weight is 478 g/mol. The molecule has 2 aromatic heterocycles. The molecule has 0 unspecified atom stereocenters. The van der Waals surface area contributed by atoms with Crippen LogP contribution < -0.4 is 32.1 Å². The van der Waals surface area contributed by atoms with Crippen LogP contribution in [0.25, 0.3) is 0 Å². The van der Waals surface area contributed by atoms with Gasteiger partial charge < -0.3 is 16.0 Å². The van der Waals surface area contributed by atoms with Crippen molar-refractivity contribution >= 4 is 39.9 Å². The first kappa shape index (κ1) is 24.5. The van der Waals surface area contributed by atoms with Crippen LogP contribution in [0.15, 0.2) is 15.0 Å². The molecule has 0 atom stereocenters. The largest absolute Gasteiger partial charge is 0.383 e. The Labute approximate surface area is 195 Å². The number of nitrogens with zero attached hydrogens (tertiary/aromatic N) is 4. The Kier molecular flexibility index (Phi) is 7.90. The van der Waals surface area contributed by atoms with Crippen molar-refractivity contribution in [3.8, 4) is 0 Å². The summed E-state index contributed by atoms with van der Waals surface area (Å²) in [6.45, 7) is 7.72. The number of hydrogen-bond donors (Lipinski definition) is 3. The van der Waals surface area contributed by atoms with Crippen LogP contribution in [0.1, 0.15) is 45.7 Å². The van der Waals surface area contributed by atoms with E-state index in [-0.39, 0.29) is 42.3 Å². The normalized spacial score (nSPS) is 13.6. The number of urea groups is 1. The van der Waals surface area contributed by atoms with Crippen molar-refractivity contribution in [2.75, 3.05) is 35.2 Å². The second-order valence-electron chi connectivity index (χ2n) is 8.41. The summed E-state index contributed by atoms with van der Waals surface area (Å²) in [5, 5.41) is 4.97. The van der Waals surface area contributed by atoms with Crippen LogP contribution in [-0.4, -0.2) is 46.1 Å². The van der Waals surface area contributed by atoms with Gasteiger partial charge in [-0.1, -0.05) is 27.2 Å². The van der Waals surface area contributed by atoms with Gasteiger partial charge in [-0.3, -0.25) is 24.0 Å².